The Bertz CT molecular complexity index is 421. The molecule has 3 nitrogen and oxygen atoms in total. The third-order valence-electron chi connectivity index (χ3n) is 1.92. The van der Waals surface area contributed by atoms with E-state index in [2.05, 4.69) is 0 Å². The SMILES string of the molecule is Cc1c(F)cc(CC#N)cc1C(=O)O. The largest absolute Gasteiger partial charge is 0.478 e. The highest BCUT2D eigenvalue weighted by Gasteiger charge is 2.12. The van der Waals surface area contributed by atoms with Gasteiger partial charge in [0.05, 0.1) is 18.1 Å². The van der Waals surface area contributed by atoms with Crippen LogP contribution in [0.2, 0.25) is 0 Å². The molecule has 14 heavy (non-hydrogen) atoms. The minimum Gasteiger partial charge on any atom is -0.478 e. The molecule has 0 saturated carbocycles. The highest BCUT2D eigenvalue weighted by molar-refractivity contribution is 5.89. The number of carboxylic acids is 1. The van der Waals surface area contributed by atoms with Gasteiger partial charge in [0.25, 0.3) is 0 Å². The van der Waals surface area contributed by atoms with Gasteiger partial charge in [-0.05, 0) is 30.2 Å². The molecule has 1 aromatic carbocycles. The van der Waals surface area contributed by atoms with Crippen LogP contribution in [-0.4, -0.2) is 11.1 Å². The molecule has 0 spiro atoms. The summed E-state index contributed by atoms with van der Waals surface area (Å²) in [6.07, 6.45) is 0.0114. The zero-order chi connectivity index (χ0) is 10.7. The predicted octanol–water partition coefficient (Wildman–Crippen LogP) is 1.90. The first-order valence-electron chi connectivity index (χ1n) is 3.95. The van der Waals surface area contributed by atoms with E-state index in [-0.39, 0.29) is 17.5 Å². The Balaban J connectivity index is 3.29. The summed E-state index contributed by atoms with van der Waals surface area (Å²) in [5.41, 5.74) is 0.391. The molecule has 0 aliphatic carbocycles. The van der Waals surface area contributed by atoms with Crippen LogP contribution >= 0.6 is 0 Å². The Labute approximate surface area is 80.4 Å². The molecule has 0 aliphatic rings. The van der Waals surface area contributed by atoms with Gasteiger partial charge in [-0.1, -0.05) is 0 Å². The zero-order valence-corrected chi connectivity index (χ0v) is 7.54. The molecule has 1 aromatic rings. The summed E-state index contributed by atoms with van der Waals surface area (Å²) in [5, 5.41) is 17.1. The van der Waals surface area contributed by atoms with Gasteiger partial charge in [-0.2, -0.15) is 5.26 Å². The van der Waals surface area contributed by atoms with Crippen LogP contribution in [0.1, 0.15) is 21.5 Å². The molecule has 0 fully saturated rings. The monoisotopic (exact) mass is 193 g/mol. The van der Waals surface area contributed by atoms with Crippen molar-refractivity contribution in [1.29, 1.82) is 5.26 Å². The fourth-order valence-corrected chi connectivity index (χ4v) is 1.15. The molecule has 0 radical (unpaired) electrons. The van der Waals surface area contributed by atoms with Gasteiger partial charge in [0, 0.05) is 0 Å². The summed E-state index contributed by atoms with van der Waals surface area (Å²) in [4.78, 5) is 10.7. The van der Waals surface area contributed by atoms with Crippen molar-refractivity contribution in [3.8, 4) is 6.07 Å². The number of benzene rings is 1. The van der Waals surface area contributed by atoms with Gasteiger partial charge in [-0.25, -0.2) is 9.18 Å². The Morgan fingerprint density at radius 2 is 2.29 bits per heavy atom. The summed E-state index contributed by atoms with van der Waals surface area (Å²) < 4.78 is 13.2. The number of hydrogen-bond donors (Lipinski definition) is 1. The second-order valence-electron chi connectivity index (χ2n) is 2.89. The van der Waals surface area contributed by atoms with E-state index in [1.165, 1.54) is 19.1 Å². The molecule has 1 N–H and O–H groups in total. The predicted molar refractivity (Wildman–Crippen MR) is 47.4 cm³/mol. The van der Waals surface area contributed by atoms with E-state index in [1.54, 1.807) is 0 Å². The van der Waals surface area contributed by atoms with Crippen LogP contribution in [-0.2, 0) is 6.42 Å². The fraction of sp³-hybridized carbons (Fsp3) is 0.200. The van der Waals surface area contributed by atoms with Crippen LogP contribution in [0.4, 0.5) is 4.39 Å². The molecule has 0 aromatic heterocycles. The molecule has 1 rings (SSSR count). The number of nitriles is 1. The molecule has 4 heteroatoms. The van der Waals surface area contributed by atoms with Crippen LogP contribution in [0.15, 0.2) is 12.1 Å². The van der Waals surface area contributed by atoms with E-state index in [9.17, 15) is 9.18 Å². The van der Waals surface area contributed by atoms with Gasteiger partial charge < -0.3 is 5.11 Å². The van der Waals surface area contributed by atoms with Gasteiger partial charge in [0.15, 0.2) is 0 Å². The van der Waals surface area contributed by atoms with E-state index in [4.69, 9.17) is 10.4 Å². The summed E-state index contributed by atoms with van der Waals surface area (Å²) in [6.45, 7) is 1.40. The van der Waals surface area contributed by atoms with Crippen LogP contribution in [0, 0.1) is 24.1 Å². The Morgan fingerprint density at radius 1 is 1.64 bits per heavy atom. The molecule has 0 amide bonds. The minimum atomic E-state index is -1.18. The lowest BCUT2D eigenvalue weighted by Gasteiger charge is -2.04. The quantitative estimate of drug-likeness (QED) is 0.780. The second kappa shape index (κ2) is 3.88. The maximum Gasteiger partial charge on any atom is 0.336 e. The van der Waals surface area contributed by atoms with Crippen molar-refractivity contribution in [3.05, 3.63) is 34.6 Å². The Morgan fingerprint density at radius 3 is 2.79 bits per heavy atom. The van der Waals surface area contributed by atoms with Crippen molar-refractivity contribution in [3.63, 3.8) is 0 Å². The average Bonchev–Trinajstić information content (AvgIpc) is 2.11. The normalized spacial score (nSPS) is 9.50. The highest BCUT2D eigenvalue weighted by Crippen LogP contribution is 2.16. The fourth-order valence-electron chi connectivity index (χ4n) is 1.15. The van der Waals surface area contributed by atoms with Crippen molar-refractivity contribution >= 4 is 5.97 Å². The first-order valence-corrected chi connectivity index (χ1v) is 3.95. The molecular weight excluding hydrogens is 185 g/mol. The summed E-state index contributed by atoms with van der Waals surface area (Å²) >= 11 is 0. The first kappa shape index (κ1) is 10.2. The van der Waals surface area contributed by atoms with Crippen LogP contribution < -0.4 is 0 Å². The Kier molecular flexibility index (Phi) is 2.82. The number of hydrogen-bond acceptors (Lipinski definition) is 2. The van der Waals surface area contributed by atoms with Crippen LogP contribution in [0.3, 0.4) is 0 Å². The number of rotatable bonds is 2. The van der Waals surface area contributed by atoms with Gasteiger partial charge in [-0.15, -0.1) is 0 Å². The standard InChI is InChI=1S/C10H8FNO2/c1-6-8(10(13)14)4-7(2-3-12)5-9(6)11/h4-5H,2H2,1H3,(H,13,14). The topological polar surface area (TPSA) is 61.1 Å². The molecule has 0 saturated heterocycles. The summed E-state index contributed by atoms with van der Waals surface area (Å²) in [7, 11) is 0. The summed E-state index contributed by atoms with van der Waals surface area (Å²) in [6, 6.07) is 4.35. The molecule has 0 bridgehead atoms. The van der Waals surface area contributed by atoms with E-state index in [0.717, 1.165) is 0 Å². The van der Waals surface area contributed by atoms with E-state index >= 15 is 0 Å². The zero-order valence-electron chi connectivity index (χ0n) is 7.54. The average molecular weight is 193 g/mol. The van der Waals surface area contributed by atoms with Gasteiger partial charge >= 0.3 is 5.97 Å². The molecule has 0 aliphatic heterocycles. The number of halogens is 1. The number of aromatic carboxylic acids is 1. The number of nitrogens with zero attached hydrogens (tertiary/aromatic N) is 1. The molecular formula is C10H8FNO2. The highest BCUT2D eigenvalue weighted by atomic mass is 19.1. The van der Waals surface area contributed by atoms with Gasteiger partial charge in [0.2, 0.25) is 0 Å². The maximum absolute atomic E-state index is 13.2. The Hall–Kier alpha value is -1.89. The number of carbonyl (C=O) groups is 1. The van der Waals surface area contributed by atoms with Crippen molar-refractivity contribution in [1.82, 2.24) is 0 Å². The lowest BCUT2D eigenvalue weighted by Crippen LogP contribution is -2.03. The van der Waals surface area contributed by atoms with E-state index in [0.29, 0.717) is 5.56 Å². The van der Waals surface area contributed by atoms with Crippen molar-refractivity contribution in [2.45, 2.75) is 13.3 Å². The second-order valence-corrected chi connectivity index (χ2v) is 2.89. The van der Waals surface area contributed by atoms with Gasteiger partial charge in [-0.3, -0.25) is 0 Å². The molecule has 0 atom stereocenters. The van der Waals surface area contributed by atoms with E-state index in [1.807, 2.05) is 6.07 Å². The minimum absolute atomic E-state index is 0.0114. The molecule has 0 heterocycles. The van der Waals surface area contributed by atoms with Crippen molar-refractivity contribution in [2.24, 2.45) is 0 Å². The van der Waals surface area contributed by atoms with E-state index < -0.39 is 11.8 Å². The van der Waals surface area contributed by atoms with Crippen LogP contribution in [0.25, 0.3) is 0 Å². The smallest absolute Gasteiger partial charge is 0.336 e. The van der Waals surface area contributed by atoms with Crippen molar-refractivity contribution in [2.75, 3.05) is 0 Å². The lowest BCUT2D eigenvalue weighted by atomic mass is 10.0. The molecule has 0 unspecified atom stereocenters. The summed E-state index contributed by atoms with van der Waals surface area (Å²) in [5.74, 6) is -1.77. The van der Waals surface area contributed by atoms with Gasteiger partial charge in [0.1, 0.15) is 5.82 Å². The lowest BCUT2D eigenvalue weighted by molar-refractivity contribution is 0.0695. The first-order chi connectivity index (χ1) is 6.56. The van der Waals surface area contributed by atoms with Crippen molar-refractivity contribution < 1.29 is 14.3 Å². The number of carboxylic acid groups (broad SMARTS) is 1. The third-order valence-corrected chi connectivity index (χ3v) is 1.92. The van der Waals surface area contributed by atoms with Crippen LogP contribution in [0.5, 0.6) is 0 Å². The molecule has 72 valence electrons. The third kappa shape index (κ3) is 1.88. The maximum atomic E-state index is 13.2.